The summed E-state index contributed by atoms with van der Waals surface area (Å²) in [6, 6.07) is 9.06. The molecule has 2 bridgehead atoms. The highest BCUT2D eigenvalue weighted by molar-refractivity contribution is 7.85. The van der Waals surface area contributed by atoms with Crippen LogP contribution in [0.2, 0.25) is 0 Å². The molecule has 0 heterocycles. The van der Waals surface area contributed by atoms with Gasteiger partial charge in [0, 0.05) is 12.5 Å². The predicted octanol–water partition coefficient (Wildman–Crippen LogP) is 3.17. The van der Waals surface area contributed by atoms with Gasteiger partial charge in [-0.3, -0.25) is 14.7 Å². The van der Waals surface area contributed by atoms with Gasteiger partial charge in [-0.2, -0.15) is 8.42 Å². The summed E-state index contributed by atoms with van der Waals surface area (Å²) in [5.74, 6) is 2.51. The standard InChI is InChI=1S/C12H13N.C10H16O4S/c1-2-9-13-12-8-7-10-5-3-4-6-11(10)12;1-9(2)7-3-4-10(9,8(11)5-7)6-15(12,13)14/h1,3-6,12-13H,7-9H2;7H,3-6H2,1-2H3,(H,12,13,14)/t12-;/m1./s1. The van der Waals surface area contributed by atoms with E-state index in [9.17, 15) is 13.2 Å². The van der Waals surface area contributed by atoms with E-state index in [4.69, 9.17) is 11.0 Å². The molecule has 2 saturated carbocycles. The predicted molar refractivity (Wildman–Crippen MR) is 109 cm³/mol. The number of nitrogens with one attached hydrogen (secondary N) is 1. The van der Waals surface area contributed by atoms with Crippen molar-refractivity contribution in [2.75, 3.05) is 12.3 Å². The summed E-state index contributed by atoms with van der Waals surface area (Å²) in [7, 11) is -4.08. The molecule has 0 radical (unpaired) electrons. The third-order valence-electron chi connectivity index (χ3n) is 7.15. The molecule has 0 aromatic heterocycles. The number of carbonyl (C=O) groups is 1. The fraction of sp³-hybridized carbons (Fsp3) is 0.591. The largest absolute Gasteiger partial charge is 0.299 e. The van der Waals surface area contributed by atoms with Gasteiger partial charge in [-0.25, -0.2) is 0 Å². The lowest BCUT2D eigenvalue weighted by atomic mass is 9.70. The average molecular weight is 404 g/mol. The van der Waals surface area contributed by atoms with E-state index in [1.165, 1.54) is 24.0 Å². The topological polar surface area (TPSA) is 83.5 Å². The summed E-state index contributed by atoms with van der Waals surface area (Å²) in [5, 5.41) is 3.35. The van der Waals surface area contributed by atoms with E-state index in [-0.39, 0.29) is 17.1 Å². The highest BCUT2D eigenvalue weighted by atomic mass is 32.2. The minimum absolute atomic E-state index is 0.0152. The fourth-order valence-electron chi connectivity index (χ4n) is 5.37. The Kier molecular flexibility index (Phi) is 5.73. The van der Waals surface area contributed by atoms with Gasteiger partial charge in [-0.1, -0.05) is 44.0 Å². The zero-order chi connectivity index (χ0) is 20.6. The second-order valence-corrected chi connectivity index (χ2v) is 10.2. The number of carbonyl (C=O) groups excluding carboxylic acids is 1. The molecule has 0 spiro atoms. The zero-order valence-electron chi connectivity index (χ0n) is 16.6. The lowest BCUT2D eigenvalue weighted by Crippen LogP contribution is -2.42. The molecule has 3 aliphatic carbocycles. The summed E-state index contributed by atoms with van der Waals surface area (Å²) in [6.07, 6.45) is 9.55. The summed E-state index contributed by atoms with van der Waals surface area (Å²) in [4.78, 5) is 11.9. The van der Waals surface area contributed by atoms with Crippen molar-refractivity contribution in [3.63, 3.8) is 0 Å². The van der Waals surface area contributed by atoms with Gasteiger partial charge in [0.1, 0.15) is 5.78 Å². The van der Waals surface area contributed by atoms with E-state index in [0.717, 1.165) is 6.42 Å². The molecule has 0 aliphatic heterocycles. The Labute approximate surface area is 168 Å². The van der Waals surface area contributed by atoms with Crippen LogP contribution >= 0.6 is 0 Å². The zero-order valence-corrected chi connectivity index (χ0v) is 17.4. The number of benzene rings is 1. The molecular formula is C22H29NO4S. The van der Waals surface area contributed by atoms with Gasteiger partial charge in [0.05, 0.1) is 17.7 Å². The third kappa shape index (κ3) is 3.76. The number of ketones is 1. The molecule has 3 atom stereocenters. The van der Waals surface area contributed by atoms with Gasteiger partial charge >= 0.3 is 0 Å². The van der Waals surface area contributed by atoms with Gasteiger partial charge in [0.25, 0.3) is 10.1 Å². The van der Waals surface area contributed by atoms with Crippen molar-refractivity contribution in [2.45, 2.75) is 52.0 Å². The molecule has 152 valence electrons. The number of Topliss-reactive ketones (excluding diaryl/α,β-unsaturated/α-hetero) is 1. The molecule has 6 heteroatoms. The van der Waals surface area contributed by atoms with Crippen molar-refractivity contribution in [2.24, 2.45) is 16.7 Å². The van der Waals surface area contributed by atoms with Gasteiger partial charge in [0.15, 0.2) is 0 Å². The quantitative estimate of drug-likeness (QED) is 0.596. The van der Waals surface area contributed by atoms with E-state index in [1.807, 2.05) is 13.8 Å². The number of rotatable bonds is 4. The maximum atomic E-state index is 11.9. The van der Waals surface area contributed by atoms with E-state index in [0.29, 0.717) is 25.4 Å². The van der Waals surface area contributed by atoms with E-state index >= 15 is 0 Å². The lowest BCUT2D eigenvalue weighted by Gasteiger charge is -2.35. The molecule has 0 amide bonds. The van der Waals surface area contributed by atoms with Gasteiger partial charge in [0.2, 0.25) is 0 Å². The monoisotopic (exact) mass is 403 g/mol. The van der Waals surface area contributed by atoms with Crippen LogP contribution in [0.3, 0.4) is 0 Å². The van der Waals surface area contributed by atoms with E-state index < -0.39 is 21.3 Å². The van der Waals surface area contributed by atoms with Gasteiger partial charge < -0.3 is 0 Å². The first-order valence-electron chi connectivity index (χ1n) is 9.84. The number of hydrogen-bond donors (Lipinski definition) is 2. The molecule has 1 aromatic carbocycles. The second-order valence-electron chi connectivity index (χ2n) is 8.77. The van der Waals surface area contributed by atoms with Crippen LogP contribution in [0.25, 0.3) is 0 Å². The first kappa shape index (κ1) is 21.0. The number of hydrogen-bond acceptors (Lipinski definition) is 4. The van der Waals surface area contributed by atoms with Crippen LogP contribution in [-0.4, -0.2) is 31.1 Å². The Bertz CT molecular complexity index is 899. The van der Waals surface area contributed by atoms with Crippen LogP contribution in [0.4, 0.5) is 0 Å². The van der Waals surface area contributed by atoms with Crippen molar-refractivity contribution in [3.8, 4) is 12.3 Å². The lowest BCUT2D eigenvalue weighted by molar-refractivity contribution is -0.128. The highest BCUT2D eigenvalue weighted by Gasteiger charge is 2.65. The van der Waals surface area contributed by atoms with Crippen molar-refractivity contribution in [1.82, 2.24) is 5.32 Å². The van der Waals surface area contributed by atoms with Crippen molar-refractivity contribution < 1.29 is 17.8 Å². The molecule has 28 heavy (non-hydrogen) atoms. The van der Waals surface area contributed by atoms with Crippen LogP contribution in [0, 0.1) is 29.1 Å². The Morgan fingerprint density at radius 1 is 1.29 bits per heavy atom. The molecular weight excluding hydrogens is 374 g/mol. The van der Waals surface area contributed by atoms with Gasteiger partial charge in [-0.15, -0.1) is 6.42 Å². The molecule has 0 saturated heterocycles. The maximum absolute atomic E-state index is 11.9. The first-order valence-corrected chi connectivity index (χ1v) is 11.4. The van der Waals surface area contributed by atoms with Crippen molar-refractivity contribution in [1.29, 1.82) is 0 Å². The molecule has 4 rings (SSSR count). The van der Waals surface area contributed by atoms with Crippen LogP contribution in [0.5, 0.6) is 0 Å². The summed E-state index contributed by atoms with van der Waals surface area (Å²) in [6.45, 7) is 4.56. The molecule has 2 N–H and O–H groups in total. The Morgan fingerprint density at radius 2 is 2.00 bits per heavy atom. The van der Waals surface area contributed by atoms with Crippen molar-refractivity contribution >= 4 is 15.9 Å². The maximum Gasteiger partial charge on any atom is 0.265 e. The summed E-state index contributed by atoms with van der Waals surface area (Å²) < 4.78 is 31.0. The van der Waals surface area contributed by atoms with Crippen LogP contribution in [0.1, 0.15) is 56.7 Å². The summed E-state index contributed by atoms with van der Waals surface area (Å²) >= 11 is 0. The summed E-state index contributed by atoms with van der Waals surface area (Å²) in [5.41, 5.74) is 1.78. The van der Waals surface area contributed by atoms with Crippen LogP contribution in [-0.2, 0) is 21.3 Å². The molecule has 2 fully saturated rings. The van der Waals surface area contributed by atoms with Crippen LogP contribution < -0.4 is 5.32 Å². The molecule has 1 aromatic rings. The van der Waals surface area contributed by atoms with E-state index in [1.54, 1.807) is 0 Å². The fourth-order valence-corrected chi connectivity index (χ4v) is 6.67. The third-order valence-corrected chi connectivity index (χ3v) is 8.01. The molecule has 5 nitrogen and oxygen atoms in total. The minimum Gasteiger partial charge on any atom is -0.299 e. The first-order chi connectivity index (χ1) is 13.1. The van der Waals surface area contributed by atoms with Crippen LogP contribution in [0.15, 0.2) is 24.3 Å². The van der Waals surface area contributed by atoms with E-state index in [2.05, 4.69) is 35.5 Å². The smallest absolute Gasteiger partial charge is 0.265 e. The molecule has 2 unspecified atom stereocenters. The minimum atomic E-state index is -4.08. The average Bonchev–Trinajstić information content (AvgIpc) is 3.19. The normalized spacial score (nSPS) is 29.7. The Hall–Kier alpha value is -1.68. The van der Waals surface area contributed by atoms with Crippen molar-refractivity contribution in [3.05, 3.63) is 35.4 Å². The highest BCUT2D eigenvalue weighted by Crippen LogP contribution is 2.64. The number of fused-ring (bicyclic) bond motifs is 3. The second kappa shape index (κ2) is 7.62. The Balaban J connectivity index is 0.000000162. The molecule has 3 aliphatic rings. The Morgan fingerprint density at radius 3 is 2.57 bits per heavy atom. The van der Waals surface area contributed by atoms with Gasteiger partial charge in [-0.05, 0) is 48.1 Å². The number of terminal acetylenes is 1. The SMILES string of the molecule is C#CCN[C@@H]1CCc2ccccc21.CC1(C)C2CCC1(CS(=O)(=O)O)C(=O)C2. The number of aryl methyl sites for hydroxylation is 1.